The maximum absolute atomic E-state index is 5.32. The Morgan fingerprint density at radius 1 is 1.71 bits per heavy atom. The SMILES string of the molecule is CC12CCC1CO2. The van der Waals surface area contributed by atoms with Crippen LogP contribution in [0.2, 0.25) is 0 Å². The number of hydrogen-bond donors (Lipinski definition) is 0. The number of fused-ring (bicyclic) bond motifs is 1. The molecule has 1 heteroatoms. The maximum Gasteiger partial charge on any atom is 0.0704 e. The van der Waals surface area contributed by atoms with Crippen LogP contribution in [-0.2, 0) is 4.74 Å². The highest BCUT2D eigenvalue weighted by atomic mass is 16.5. The predicted octanol–water partition coefficient (Wildman–Crippen LogP) is 1.19. The fraction of sp³-hybridized carbons (Fsp3) is 1.00. The lowest BCUT2D eigenvalue weighted by molar-refractivity contribution is -0.251. The van der Waals surface area contributed by atoms with Crippen LogP contribution in [0.5, 0.6) is 0 Å². The third-order valence-electron chi connectivity index (χ3n) is 2.47. The Hall–Kier alpha value is -0.0400. The van der Waals surface area contributed by atoms with Gasteiger partial charge in [0.2, 0.25) is 0 Å². The molecular formula is C6H10O. The standard InChI is InChI=1S/C6H10O/c1-6-3-2-5(6)4-7-6/h5H,2-4H2,1H3. The van der Waals surface area contributed by atoms with Crippen molar-refractivity contribution >= 4 is 0 Å². The molecule has 0 bridgehead atoms. The first kappa shape index (κ1) is 3.90. The second-order valence-corrected chi connectivity index (χ2v) is 2.86. The second-order valence-electron chi connectivity index (χ2n) is 2.86. The van der Waals surface area contributed by atoms with E-state index in [2.05, 4.69) is 6.92 Å². The summed E-state index contributed by atoms with van der Waals surface area (Å²) in [4.78, 5) is 0. The molecule has 1 aliphatic carbocycles. The van der Waals surface area contributed by atoms with Gasteiger partial charge in [-0.2, -0.15) is 0 Å². The highest BCUT2D eigenvalue weighted by Crippen LogP contribution is 2.49. The van der Waals surface area contributed by atoms with Crippen LogP contribution in [0, 0.1) is 5.92 Å². The molecule has 0 amide bonds. The van der Waals surface area contributed by atoms with Crippen LogP contribution < -0.4 is 0 Å². The molecule has 0 radical (unpaired) electrons. The first-order chi connectivity index (χ1) is 3.31. The molecule has 0 aromatic heterocycles. The molecular weight excluding hydrogens is 88.1 g/mol. The average molecular weight is 98.1 g/mol. The molecule has 2 atom stereocenters. The molecule has 1 aliphatic heterocycles. The summed E-state index contributed by atoms with van der Waals surface area (Å²) in [5, 5.41) is 0. The highest BCUT2D eigenvalue weighted by molar-refractivity contribution is 5.00. The van der Waals surface area contributed by atoms with Crippen LogP contribution in [0.25, 0.3) is 0 Å². The van der Waals surface area contributed by atoms with E-state index in [-0.39, 0.29) is 0 Å². The average Bonchev–Trinajstić information content (AvgIpc) is 1.67. The zero-order valence-electron chi connectivity index (χ0n) is 4.61. The lowest BCUT2D eigenvalue weighted by Crippen LogP contribution is -2.58. The largest absolute Gasteiger partial charge is 0.375 e. The molecule has 0 aromatic carbocycles. The van der Waals surface area contributed by atoms with E-state index in [1.54, 1.807) is 0 Å². The summed E-state index contributed by atoms with van der Waals surface area (Å²) in [6.07, 6.45) is 2.72. The molecule has 2 aliphatic rings. The molecule has 2 rings (SSSR count). The molecule has 0 N–H and O–H groups in total. The molecule has 1 saturated heterocycles. The Kier molecular flexibility index (Phi) is 0.487. The molecule has 1 heterocycles. The van der Waals surface area contributed by atoms with Gasteiger partial charge in [0.15, 0.2) is 0 Å². The monoisotopic (exact) mass is 98.1 g/mol. The van der Waals surface area contributed by atoms with E-state index in [1.165, 1.54) is 12.8 Å². The third-order valence-corrected chi connectivity index (χ3v) is 2.47. The lowest BCUT2D eigenvalue weighted by Gasteiger charge is -2.55. The van der Waals surface area contributed by atoms with Gasteiger partial charge in [-0.3, -0.25) is 0 Å². The van der Waals surface area contributed by atoms with Gasteiger partial charge in [-0.1, -0.05) is 0 Å². The van der Waals surface area contributed by atoms with Crippen molar-refractivity contribution in [2.75, 3.05) is 6.61 Å². The van der Waals surface area contributed by atoms with E-state index >= 15 is 0 Å². The van der Waals surface area contributed by atoms with Crippen LogP contribution in [0.3, 0.4) is 0 Å². The summed E-state index contributed by atoms with van der Waals surface area (Å²) in [6.45, 7) is 3.25. The van der Waals surface area contributed by atoms with Crippen molar-refractivity contribution in [3.8, 4) is 0 Å². The second kappa shape index (κ2) is 0.873. The van der Waals surface area contributed by atoms with Gasteiger partial charge in [-0.05, 0) is 19.8 Å². The van der Waals surface area contributed by atoms with E-state index in [1.807, 2.05) is 0 Å². The smallest absolute Gasteiger partial charge is 0.0704 e. The first-order valence-corrected chi connectivity index (χ1v) is 2.95. The number of ether oxygens (including phenoxy) is 1. The van der Waals surface area contributed by atoms with Crippen molar-refractivity contribution in [1.29, 1.82) is 0 Å². The van der Waals surface area contributed by atoms with Gasteiger partial charge < -0.3 is 4.74 Å². The van der Waals surface area contributed by atoms with Crippen molar-refractivity contribution < 1.29 is 4.74 Å². The van der Waals surface area contributed by atoms with Gasteiger partial charge in [-0.25, -0.2) is 0 Å². The third kappa shape index (κ3) is 0.290. The van der Waals surface area contributed by atoms with Crippen molar-refractivity contribution in [2.45, 2.75) is 25.4 Å². The lowest BCUT2D eigenvalue weighted by atomic mass is 9.67. The minimum absolute atomic E-state index is 0.361. The van der Waals surface area contributed by atoms with Gasteiger partial charge in [0.1, 0.15) is 0 Å². The molecule has 40 valence electrons. The van der Waals surface area contributed by atoms with Gasteiger partial charge in [-0.15, -0.1) is 0 Å². The summed E-state index contributed by atoms with van der Waals surface area (Å²) >= 11 is 0. The quantitative estimate of drug-likeness (QED) is 0.442. The zero-order valence-corrected chi connectivity index (χ0v) is 4.61. The molecule has 1 saturated carbocycles. The van der Waals surface area contributed by atoms with Crippen LogP contribution in [0.4, 0.5) is 0 Å². The van der Waals surface area contributed by atoms with Gasteiger partial charge in [0.05, 0.1) is 12.2 Å². The van der Waals surface area contributed by atoms with Gasteiger partial charge >= 0.3 is 0 Å². The van der Waals surface area contributed by atoms with Crippen LogP contribution in [0.15, 0.2) is 0 Å². The predicted molar refractivity (Wildman–Crippen MR) is 27.1 cm³/mol. The van der Waals surface area contributed by atoms with Crippen LogP contribution >= 0.6 is 0 Å². The van der Waals surface area contributed by atoms with Crippen LogP contribution in [-0.4, -0.2) is 12.2 Å². The summed E-state index contributed by atoms with van der Waals surface area (Å²) in [5.74, 6) is 0.937. The zero-order chi connectivity index (χ0) is 4.91. The van der Waals surface area contributed by atoms with Crippen molar-refractivity contribution in [3.63, 3.8) is 0 Å². The fourth-order valence-corrected chi connectivity index (χ4v) is 1.40. The number of hydrogen-bond acceptors (Lipinski definition) is 1. The van der Waals surface area contributed by atoms with Gasteiger partial charge in [0.25, 0.3) is 0 Å². The molecule has 1 nitrogen and oxygen atoms in total. The fourth-order valence-electron chi connectivity index (χ4n) is 1.40. The van der Waals surface area contributed by atoms with E-state index in [9.17, 15) is 0 Å². The van der Waals surface area contributed by atoms with Crippen molar-refractivity contribution in [2.24, 2.45) is 5.92 Å². The molecule has 2 unspecified atom stereocenters. The summed E-state index contributed by atoms with van der Waals surface area (Å²) in [6, 6.07) is 0. The summed E-state index contributed by atoms with van der Waals surface area (Å²) < 4.78 is 5.32. The molecule has 7 heavy (non-hydrogen) atoms. The summed E-state index contributed by atoms with van der Waals surface area (Å²) in [5.41, 5.74) is 0.361. The van der Waals surface area contributed by atoms with E-state index < -0.39 is 0 Å². The van der Waals surface area contributed by atoms with Gasteiger partial charge in [0, 0.05) is 5.92 Å². The summed E-state index contributed by atoms with van der Waals surface area (Å²) in [7, 11) is 0. The van der Waals surface area contributed by atoms with Crippen LogP contribution in [0.1, 0.15) is 19.8 Å². The minimum atomic E-state index is 0.361. The normalized spacial score (nSPS) is 57.0. The molecule has 0 spiro atoms. The van der Waals surface area contributed by atoms with E-state index in [4.69, 9.17) is 4.74 Å². The maximum atomic E-state index is 5.32. The minimum Gasteiger partial charge on any atom is -0.375 e. The Morgan fingerprint density at radius 3 is 2.43 bits per heavy atom. The Bertz CT molecular complexity index is 90.4. The topological polar surface area (TPSA) is 9.23 Å². The Balaban J connectivity index is 2.12. The van der Waals surface area contributed by atoms with Crippen molar-refractivity contribution in [3.05, 3.63) is 0 Å². The molecule has 0 aromatic rings. The molecule has 2 fully saturated rings. The van der Waals surface area contributed by atoms with Crippen molar-refractivity contribution in [1.82, 2.24) is 0 Å². The Labute approximate surface area is 43.7 Å². The Morgan fingerprint density at radius 2 is 2.43 bits per heavy atom. The van der Waals surface area contributed by atoms with E-state index in [0.717, 1.165) is 12.5 Å². The highest BCUT2D eigenvalue weighted by Gasteiger charge is 2.51. The number of rotatable bonds is 0. The first-order valence-electron chi connectivity index (χ1n) is 2.95. The van der Waals surface area contributed by atoms with E-state index in [0.29, 0.717) is 5.60 Å².